The van der Waals surface area contributed by atoms with E-state index in [0.29, 0.717) is 12.0 Å². The van der Waals surface area contributed by atoms with Crippen molar-refractivity contribution in [1.29, 1.82) is 0 Å². The van der Waals surface area contributed by atoms with Crippen LogP contribution in [0, 0.1) is 5.92 Å². The molecule has 0 spiro atoms. The standard InChI is InChI=1S/C15H16F3NO/c16-15(17,18)12-7-2-1-6-10(12)11-8-13(11)19-14(20)9-4-3-5-9/h1-2,6-7,9,11,13H,3-5,8H2,(H,19,20)/t11-,13+/m0/s1. The molecule has 2 fully saturated rings. The summed E-state index contributed by atoms with van der Waals surface area (Å²) in [6.07, 6.45) is -0.846. The third kappa shape index (κ3) is 2.53. The SMILES string of the molecule is O=C(N[C@@H]1C[C@H]1c1ccccc1C(F)(F)F)C1CCC1. The molecule has 108 valence electrons. The Bertz CT molecular complexity index is 522. The van der Waals surface area contributed by atoms with Gasteiger partial charge in [0.05, 0.1) is 5.56 Å². The quantitative estimate of drug-likeness (QED) is 0.904. The number of rotatable bonds is 3. The molecule has 0 aromatic heterocycles. The number of carbonyl (C=O) groups is 1. The maximum atomic E-state index is 12.9. The topological polar surface area (TPSA) is 29.1 Å². The fourth-order valence-corrected chi connectivity index (χ4v) is 2.75. The van der Waals surface area contributed by atoms with Crippen LogP contribution in [0.3, 0.4) is 0 Å². The first-order valence-electron chi connectivity index (χ1n) is 6.93. The van der Waals surface area contributed by atoms with Gasteiger partial charge in [-0.15, -0.1) is 0 Å². The van der Waals surface area contributed by atoms with Crippen molar-refractivity contribution in [2.75, 3.05) is 0 Å². The van der Waals surface area contributed by atoms with Gasteiger partial charge in [0, 0.05) is 17.9 Å². The van der Waals surface area contributed by atoms with Gasteiger partial charge in [0.25, 0.3) is 0 Å². The fraction of sp³-hybridized carbons (Fsp3) is 0.533. The molecule has 20 heavy (non-hydrogen) atoms. The molecule has 0 saturated heterocycles. The minimum atomic E-state index is -4.33. The summed E-state index contributed by atoms with van der Waals surface area (Å²) in [4.78, 5) is 11.8. The van der Waals surface area contributed by atoms with Crippen LogP contribution in [0.2, 0.25) is 0 Å². The highest BCUT2D eigenvalue weighted by atomic mass is 19.4. The number of benzene rings is 1. The minimum Gasteiger partial charge on any atom is -0.352 e. The number of alkyl halides is 3. The van der Waals surface area contributed by atoms with Crippen molar-refractivity contribution in [2.45, 2.75) is 43.8 Å². The normalized spacial score (nSPS) is 25.9. The molecule has 0 radical (unpaired) electrons. The highest BCUT2D eigenvalue weighted by molar-refractivity contribution is 5.80. The van der Waals surface area contributed by atoms with E-state index in [1.807, 2.05) is 0 Å². The van der Waals surface area contributed by atoms with Gasteiger partial charge in [-0.25, -0.2) is 0 Å². The summed E-state index contributed by atoms with van der Waals surface area (Å²) in [5.41, 5.74) is -0.274. The van der Waals surface area contributed by atoms with Crippen LogP contribution in [-0.4, -0.2) is 11.9 Å². The number of hydrogen-bond acceptors (Lipinski definition) is 1. The average molecular weight is 283 g/mol. The minimum absolute atomic E-state index is 0.00763. The van der Waals surface area contributed by atoms with Crippen LogP contribution in [0.1, 0.15) is 42.7 Å². The Balaban J connectivity index is 1.68. The lowest BCUT2D eigenvalue weighted by Gasteiger charge is -2.24. The first kappa shape index (κ1) is 13.5. The van der Waals surface area contributed by atoms with E-state index in [1.165, 1.54) is 12.1 Å². The van der Waals surface area contributed by atoms with Gasteiger partial charge in [-0.1, -0.05) is 24.6 Å². The lowest BCUT2D eigenvalue weighted by atomic mass is 9.85. The maximum Gasteiger partial charge on any atom is 0.416 e. The molecule has 0 unspecified atom stereocenters. The summed E-state index contributed by atoms with van der Waals surface area (Å²) < 4.78 is 38.8. The van der Waals surface area contributed by atoms with Crippen LogP contribution in [0.25, 0.3) is 0 Å². The third-order valence-electron chi connectivity index (χ3n) is 4.26. The van der Waals surface area contributed by atoms with Crippen molar-refractivity contribution < 1.29 is 18.0 Å². The van der Waals surface area contributed by atoms with Crippen LogP contribution >= 0.6 is 0 Å². The van der Waals surface area contributed by atoms with Gasteiger partial charge in [0.1, 0.15) is 0 Å². The van der Waals surface area contributed by atoms with Crippen LogP contribution in [0.15, 0.2) is 24.3 Å². The zero-order valence-electron chi connectivity index (χ0n) is 10.9. The lowest BCUT2D eigenvalue weighted by Crippen LogP contribution is -2.36. The zero-order chi connectivity index (χ0) is 14.3. The average Bonchev–Trinajstić information content (AvgIpc) is 3.04. The summed E-state index contributed by atoms with van der Waals surface area (Å²) in [7, 11) is 0. The van der Waals surface area contributed by atoms with Gasteiger partial charge >= 0.3 is 6.18 Å². The Morgan fingerprint density at radius 3 is 2.50 bits per heavy atom. The van der Waals surface area contributed by atoms with E-state index in [9.17, 15) is 18.0 Å². The molecule has 2 aliphatic carbocycles. The van der Waals surface area contributed by atoms with Crippen LogP contribution in [0.5, 0.6) is 0 Å². The monoisotopic (exact) mass is 283 g/mol. The second kappa shape index (κ2) is 4.79. The summed E-state index contributed by atoms with van der Waals surface area (Å²) in [6, 6.07) is 5.51. The predicted molar refractivity (Wildman–Crippen MR) is 68.1 cm³/mol. The molecular weight excluding hydrogens is 267 g/mol. The summed E-state index contributed by atoms with van der Waals surface area (Å²) in [5.74, 6) is -0.112. The number of nitrogens with one attached hydrogen (secondary N) is 1. The van der Waals surface area contributed by atoms with E-state index in [-0.39, 0.29) is 23.8 Å². The number of carbonyl (C=O) groups excluding carboxylic acids is 1. The predicted octanol–water partition coefficient (Wildman–Crippen LogP) is 3.48. The molecule has 1 aromatic rings. The second-order valence-electron chi connectivity index (χ2n) is 5.67. The first-order valence-corrected chi connectivity index (χ1v) is 6.93. The molecule has 2 saturated carbocycles. The third-order valence-corrected chi connectivity index (χ3v) is 4.26. The zero-order valence-corrected chi connectivity index (χ0v) is 10.9. The van der Waals surface area contributed by atoms with Gasteiger partial charge < -0.3 is 5.32 Å². The number of halogens is 3. The van der Waals surface area contributed by atoms with E-state index in [0.717, 1.165) is 25.3 Å². The second-order valence-corrected chi connectivity index (χ2v) is 5.67. The van der Waals surface area contributed by atoms with Gasteiger partial charge in [-0.3, -0.25) is 4.79 Å². The Labute approximate surface area is 115 Å². The molecule has 2 atom stereocenters. The molecule has 5 heteroatoms. The van der Waals surface area contributed by atoms with E-state index in [4.69, 9.17) is 0 Å². The summed E-state index contributed by atoms with van der Waals surface area (Å²) in [6.45, 7) is 0. The van der Waals surface area contributed by atoms with Crippen molar-refractivity contribution in [3.63, 3.8) is 0 Å². The lowest BCUT2D eigenvalue weighted by molar-refractivity contribution is -0.138. The molecule has 0 bridgehead atoms. The van der Waals surface area contributed by atoms with Crippen LogP contribution < -0.4 is 5.32 Å². The molecule has 0 aliphatic heterocycles. The highest BCUT2D eigenvalue weighted by Crippen LogP contribution is 2.46. The molecule has 1 aromatic carbocycles. The Morgan fingerprint density at radius 1 is 1.20 bits per heavy atom. The van der Waals surface area contributed by atoms with E-state index in [2.05, 4.69) is 5.32 Å². The summed E-state index contributed by atoms with van der Waals surface area (Å²) >= 11 is 0. The molecule has 2 aliphatic rings. The van der Waals surface area contributed by atoms with Gasteiger partial charge in [-0.2, -0.15) is 13.2 Å². The van der Waals surface area contributed by atoms with Gasteiger partial charge in [0.15, 0.2) is 0 Å². The molecule has 3 rings (SSSR count). The highest BCUT2D eigenvalue weighted by Gasteiger charge is 2.45. The van der Waals surface area contributed by atoms with Crippen molar-refractivity contribution in [2.24, 2.45) is 5.92 Å². The molecule has 1 amide bonds. The Kier molecular flexibility index (Phi) is 3.22. The number of amides is 1. The molecule has 2 nitrogen and oxygen atoms in total. The van der Waals surface area contributed by atoms with Crippen molar-refractivity contribution in [3.8, 4) is 0 Å². The van der Waals surface area contributed by atoms with Gasteiger partial charge in [-0.05, 0) is 30.9 Å². The van der Waals surface area contributed by atoms with E-state index in [1.54, 1.807) is 6.07 Å². The molecule has 1 N–H and O–H groups in total. The first-order chi connectivity index (χ1) is 9.47. The van der Waals surface area contributed by atoms with Crippen molar-refractivity contribution >= 4 is 5.91 Å². The largest absolute Gasteiger partial charge is 0.416 e. The Morgan fingerprint density at radius 2 is 1.90 bits per heavy atom. The van der Waals surface area contributed by atoms with Crippen molar-refractivity contribution in [1.82, 2.24) is 5.32 Å². The fourth-order valence-electron chi connectivity index (χ4n) is 2.75. The molecular formula is C15H16F3NO. The maximum absolute atomic E-state index is 12.9. The van der Waals surface area contributed by atoms with Crippen molar-refractivity contribution in [3.05, 3.63) is 35.4 Å². The van der Waals surface area contributed by atoms with Crippen LogP contribution in [-0.2, 0) is 11.0 Å². The van der Waals surface area contributed by atoms with Gasteiger partial charge in [0.2, 0.25) is 5.91 Å². The number of hydrogen-bond donors (Lipinski definition) is 1. The van der Waals surface area contributed by atoms with E-state index < -0.39 is 11.7 Å². The van der Waals surface area contributed by atoms with Crippen LogP contribution in [0.4, 0.5) is 13.2 Å². The Hall–Kier alpha value is -1.52. The summed E-state index contributed by atoms with van der Waals surface area (Å²) in [5, 5.41) is 2.88. The smallest absolute Gasteiger partial charge is 0.352 e. The van der Waals surface area contributed by atoms with E-state index >= 15 is 0 Å². The molecule has 0 heterocycles.